The first-order valence-corrected chi connectivity index (χ1v) is 14.7. The van der Waals surface area contributed by atoms with Crippen LogP contribution in [0.2, 0.25) is 10.0 Å². The predicted molar refractivity (Wildman–Crippen MR) is 158 cm³/mol. The molecule has 3 rings (SSSR count). The van der Waals surface area contributed by atoms with Crippen LogP contribution in [0.1, 0.15) is 33.3 Å². The average Bonchev–Trinajstić information content (AvgIpc) is 2.90. The molecule has 0 heterocycles. The Kier molecular flexibility index (Phi) is 10.1. The number of sulfonamides is 1. The highest BCUT2D eigenvalue weighted by Crippen LogP contribution is 2.27. The van der Waals surface area contributed by atoms with Gasteiger partial charge in [-0.15, -0.1) is 0 Å². The summed E-state index contributed by atoms with van der Waals surface area (Å²) in [7, 11) is -2.70. The van der Waals surface area contributed by atoms with E-state index in [-0.39, 0.29) is 11.4 Å². The van der Waals surface area contributed by atoms with Crippen molar-refractivity contribution in [3.8, 4) is 5.75 Å². The standard InChI is InChI=1S/C29H33Cl2N3O5S/c1-20(28(36)32-29(2,3)4)33(18-21-11-12-22(30)17-26(21)31)27(35)19-34(23-9-7-6-8-10-23)40(37,38)25-15-13-24(39-5)14-16-25/h6-17,20H,18-19H2,1-5H3,(H,32,36)/t20-/m1/s1. The van der Waals surface area contributed by atoms with E-state index >= 15 is 0 Å². The zero-order valence-corrected chi connectivity index (χ0v) is 25.3. The van der Waals surface area contributed by atoms with Crippen molar-refractivity contribution in [1.82, 2.24) is 10.2 Å². The lowest BCUT2D eigenvalue weighted by Gasteiger charge is -2.33. The maximum Gasteiger partial charge on any atom is 0.264 e. The Bertz CT molecular complexity index is 1440. The predicted octanol–water partition coefficient (Wildman–Crippen LogP) is 5.53. The molecule has 1 N–H and O–H groups in total. The normalized spacial score (nSPS) is 12.4. The highest BCUT2D eigenvalue weighted by Gasteiger charge is 2.33. The SMILES string of the molecule is COc1ccc(S(=O)(=O)N(CC(=O)N(Cc2ccc(Cl)cc2Cl)[C@H](C)C(=O)NC(C)(C)C)c2ccccc2)cc1. The van der Waals surface area contributed by atoms with E-state index in [1.54, 1.807) is 55.5 Å². The third-order valence-corrected chi connectivity index (χ3v) is 8.37. The fraction of sp³-hybridized carbons (Fsp3) is 0.310. The molecule has 0 saturated carbocycles. The topological polar surface area (TPSA) is 96.0 Å². The number of ether oxygens (including phenoxy) is 1. The van der Waals surface area contributed by atoms with E-state index in [2.05, 4.69) is 5.32 Å². The number of carbonyl (C=O) groups excluding carboxylic acids is 2. The summed E-state index contributed by atoms with van der Waals surface area (Å²) in [6, 6.07) is 18.1. The number of para-hydroxylation sites is 1. The summed E-state index contributed by atoms with van der Waals surface area (Å²) in [5.41, 5.74) is 0.299. The summed E-state index contributed by atoms with van der Waals surface area (Å²) in [5, 5.41) is 3.63. The summed E-state index contributed by atoms with van der Waals surface area (Å²) in [4.78, 5) is 28.4. The van der Waals surface area contributed by atoms with Crippen LogP contribution in [0.3, 0.4) is 0 Å². The molecule has 0 aromatic heterocycles. The van der Waals surface area contributed by atoms with Crippen LogP contribution in [0.25, 0.3) is 0 Å². The van der Waals surface area contributed by atoms with Crippen LogP contribution in [0.5, 0.6) is 5.75 Å². The second kappa shape index (κ2) is 12.9. The average molecular weight is 607 g/mol. The molecule has 0 aliphatic rings. The van der Waals surface area contributed by atoms with Crippen molar-refractivity contribution in [2.24, 2.45) is 0 Å². The second-order valence-corrected chi connectivity index (χ2v) is 12.9. The van der Waals surface area contributed by atoms with E-state index in [1.807, 2.05) is 20.8 Å². The van der Waals surface area contributed by atoms with Crippen molar-refractivity contribution >= 4 is 50.7 Å². The number of anilines is 1. The Labute approximate surface area is 245 Å². The third-order valence-electron chi connectivity index (χ3n) is 5.99. The lowest BCUT2D eigenvalue weighted by molar-refractivity contribution is -0.140. The monoisotopic (exact) mass is 605 g/mol. The number of nitrogens with one attached hydrogen (secondary N) is 1. The fourth-order valence-electron chi connectivity index (χ4n) is 3.89. The van der Waals surface area contributed by atoms with Gasteiger partial charge in [0.05, 0.1) is 17.7 Å². The van der Waals surface area contributed by atoms with E-state index in [1.165, 1.54) is 36.3 Å². The number of hydrogen-bond donors (Lipinski definition) is 1. The van der Waals surface area contributed by atoms with Gasteiger partial charge in [0, 0.05) is 22.1 Å². The number of benzene rings is 3. The number of carbonyl (C=O) groups is 2. The molecule has 0 bridgehead atoms. The Balaban J connectivity index is 2.03. The molecular weight excluding hydrogens is 573 g/mol. The summed E-state index contributed by atoms with van der Waals surface area (Å²) in [5.74, 6) is -0.496. The number of nitrogens with zero attached hydrogens (tertiary/aromatic N) is 2. The maximum atomic E-state index is 14.0. The number of hydrogen-bond acceptors (Lipinski definition) is 5. The molecule has 11 heteroatoms. The van der Waals surface area contributed by atoms with Crippen molar-refractivity contribution in [2.45, 2.75) is 50.7 Å². The van der Waals surface area contributed by atoms with E-state index in [0.29, 0.717) is 27.0 Å². The molecule has 0 aliphatic carbocycles. The number of halogens is 2. The Morgan fingerprint density at radius 2 is 1.60 bits per heavy atom. The van der Waals surface area contributed by atoms with Gasteiger partial charge in [-0.25, -0.2) is 8.42 Å². The van der Waals surface area contributed by atoms with Gasteiger partial charge >= 0.3 is 0 Å². The molecule has 40 heavy (non-hydrogen) atoms. The Morgan fingerprint density at radius 3 is 2.15 bits per heavy atom. The van der Waals surface area contributed by atoms with Crippen LogP contribution in [0.15, 0.2) is 77.7 Å². The minimum Gasteiger partial charge on any atom is -0.497 e. The molecule has 2 amide bonds. The molecule has 0 spiro atoms. The van der Waals surface area contributed by atoms with Gasteiger partial charge in [0.2, 0.25) is 11.8 Å². The first-order valence-electron chi connectivity index (χ1n) is 12.5. The van der Waals surface area contributed by atoms with Crippen molar-refractivity contribution in [3.63, 3.8) is 0 Å². The van der Waals surface area contributed by atoms with Gasteiger partial charge in [0.25, 0.3) is 10.0 Å². The first-order chi connectivity index (χ1) is 18.7. The molecule has 0 aliphatic heterocycles. The fourth-order valence-corrected chi connectivity index (χ4v) is 5.77. The van der Waals surface area contributed by atoms with Crippen LogP contribution in [0.4, 0.5) is 5.69 Å². The number of rotatable bonds is 10. The number of amides is 2. The van der Waals surface area contributed by atoms with Crippen LogP contribution in [-0.4, -0.2) is 50.4 Å². The van der Waals surface area contributed by atoms with Gasteiger partial charge in [0.15, 0.2) is 0 Å². The first kappa shape index (κ1) is 31.3. The molecular formula is C29H33Cl2N3O5S. The van der Waals surface area contributed by atoms with Crippen LogP contribution >= 0.6 is 23.2 Å². The third kappa shape index (κ3) is 7.90. The maximum absolute atomic E-state index is 14.0. The van der Waals surface area contributed by atoms with Crippen LogP contribution < -0.4 is 14.4 Å². The molecule has 3 aromatic rings. The van der Waals surface area contributed by atoms with Crippen molar-refractivity contribution in [2.75, 3.05) is 18.0 Å². The zero-order valence-electron chi connectivity index (χ0n) is 23.0. The van der Waals surface area contributed by atoms with Gasteiger partial charge in [-0.3, -0.25) is 13.9 Å². The van der Waals surface area contributed by atoms with Crippen LogP contribution in [0, 0.1) is 0 Å². The van der Waals surface area contributed by atoms with Crippen molar-refractivity contribution in [1.29, 1.82) is 0 Å². The number of methoxy groups -OCH3 is 1. The van der Waals surface area contributed by atoms with E-state index in [9.17, 15) is 18.0 Å². The second-order valence-electron chi connectivity index (χ2n) is 10.2. The largest absolute Gasteiger partial charge is 0.497 e. The van der Waals surface area contributed by atoms with Crippen LogP contribution in [-0.2, 0) is 26.2 Å². The van der Waals surface area contributed by atoms with E-state index < -0.39 is 40.0 Å². The summed E-state index contributed by atoms with van der Waals surface area (Å²) < 4.78 is 33.8. The molecule has 0 radical (unpaired) electrons. The lowest BCUT2D eigenvalue weighted by Crippen LogP contribution is -2.54. The van der Waals surface area contributed by atoms with E-state index in [4.69, 9.17) is 27.9 Å². The van der Waals surface area contributed by atoms with Gasteiger partial charge in [-0.2, -0.15) is 0 Å². The molecule has 1 atom stereocenters. The van der Waals surface area contributed by atoms with Crippen molar-refractivity contribution in [3.05, 3.63) is 88.4 Å². The van der Waals surface area contributed by atoms with Crippen molar-refractivity contribution < 1.29 is 22.7 Å². The molecule has 8 nitrogen and oxygen atoms in total. The van der Waals surface area contributed by atoms with Gasteiger partial charge in [-0.1, -0.05) is 47.5 Å². The highest BCUT2D eigenvalue weighted by atomic mass is 35.5. The van der Waals surface area contributed by atoms with Gasteiger partial charge < -0.3 is 15.0 Å². The Morgan fingerprint density at radius 1 is 0.975 bits per heavy atom. The smallest absolute Gasteiger partial charge is 0.264 e. The highest BCUT2D eigenvalue weighted by molar-refractivity contribution is 7.92. The summed E-state index contributed by atoms with van der Waals surface area (Å²) in [6.45, 7) is 6.48. The molecule has 214 valence electrons. The molecule has 0 unspecified atom stereocenters. The minimum atomic E-state index is -4.18. The molecule has 0 fully saturated rings. The molecule has 0 saturated heterocycles. The van der Waals surface area contributed by atoms with Gasteiger partial charge in [0.1, 0.15) is 18.3 Å². The quantitative estimate of drug-likeness (QED) is 0.328. The van der Waals surface area contributed by atoms with E-state index in [0.717, 1.165) is 4.31 Å². The molecule has 3 aromatic carbocycles. The van der Waals surface area contributed by atoms with Gasteiger partial charge in [-0.05, 0) is 81.8 Å². The zero-order chi connectivity index (χ0) is 29.7. The minimum absolute atomic E-state index is 0.0178. The Hall–Kier alpha value is -3.27. The summed E-state index contributed by atoms with van der Waals surface area (Å²) >= 11 is 12.5. The summed E-state index contributed by atoms with van der Waals surface area (Å²) in [6.07, 6.45) is 0. The lowest BCUT2D eigenvalue weighted by atomic mass is 10.1.